The van der Waals surface area contributed by atoms with E-state index in [0.29, 0.717) is 0 Å². The summed E-state index contributed by atoms with van der Waals surface area (Å²) in [6.07, 6.45) is 1.41. The van der Waals surface area contributed by atoms with Crippen LogP contribution in [-0.4, -0.2) is 31.2 Å². The molecule has 0 aromatic carbocycles. The fourth-order valence-electron chi connectivity index (χ4n) is 1.93. The zero-order valence-electron chi connectivity index (χ0n) is 7.02. The van der Waals surface area contributed by atoms with Crippen LogP contribution in [0.3, 0.4) is 0 Å². The van der Waals surface area contributed by atoms with Gasteiger partial charge in [-0.25, -0.2) is 0 Å². The van der Waals surface area contributed by atoms with Crippen molar-refractivity contribution < 1.29 is 4.48 Å². The molecule has 2 unspecified atom stereocenters. The van der Waals surface area contributed by atoms with Gasteiger partial charge >= 0.3 is 0 Å². The Morgan fingerprint density at radius 2 is 1.78 bits per heavy atom. The van der Waals surface area contributed by atoms with Gasteiger partial charge in [0.25, 0.3) is 0 Å². The molecule has 0 saturated carbocycles. The zero-order valence-corrected chi connectivity index (χ0v) is 7.02. The normalized spacial score (nSPS) is 41.3. The summed E-state index contributed by atoms with van der Waals surface area (Å²) in [4.78, 5) is 0. The van der Waals surface area contributed by atoms with Gasteiger partial charge in [-0.05, 0) is 6.92 Å². The third-order valence-corrected chi connectivity index (χ3v) is 2.72. The summed E-state index contributed by atoms with van der Waals surface area (Å²) in [5.41, 5.74) is 0. The molecule has 0 bridgehead atoms. The standard InChI is InChI=1S/C8H18N/c1-7-5-8(2)9(3,4)6-7/h7-8H,5-6H2,1-4H3/q+1. The van der Waals surface area contributed by atoms with E-state index in [1.165, 1.54) is 17.4 Å². The van der Waals surface area contributed by atoms with Crippen LogP contribution in [0, 0.1) is 5.92 Å². The van der Waals surface area contributed by atoms with Crippen LogP contribution in [-0.2, 0) is 0 Å². The quantitative estimate of drug-likeness (QED) is 0.434. The number of quaternary nitrogens is 1. The highest BCUT2D eigenvalue weighted by Crippen LogP contribution is 2.25. The summed E-state index contributed by atoms with van der Waals surface area (Å²) in [6, 6.07) is 0.875. The lowest BCUT2D eigenvalue weighted by atomic mass is 10.1. The summed E-state index contributed by atoms with van der Waals surface area (Å²) in [5.74, 6) is 0.940. The van der Waals surface area contributed by atoms with E-state index in [9.17, 15) is 0 Å². The zero-order chi connectivity index (χ0) is 7.07. The molecule has 1 heteroatoms. The molecular formula is C8H18N+. The first-order valence-corrected chi connectivity index (χ1v) is 3.85. The molecule has 1 fully saturated rings. The molecular weight excluding hydrogens is 110 g/mol. The van der Waals surface area contributed by atoms with Gasteiger partial charge in [0.05, 0.1) is 26.7 Å². The van der Waals surface area contributed by atoms with Crippen LogP contribution in [0.5, 0.6) is 0 Å². The Hall–Kier alpha value is -0.0400. The molecule has 1 aliphatic heterocycles. The van der Waals surface area contributed by atoms with Crippen molar-refractivity contribution in [2.45, 2.75) is 26.3 Å². The molecule has 1 nitrogen and oxygen atoms in total. The maximum absolute atomic E-state index is 2.35. The molecule has 1 saturated heterocycles. The largest absolute Gasteiger partial charge is 0.326 e. The number of rotatable bonds is 0. The second-order valence-corrected chi connectivity index (χ2v) is 4.15. The van der Waals surface area contributed by atoms with Crippen molar-refractivity contribution in [1.82, 2.24) is 0 Å². The first kappa shape index (κ1) is 7.07. The fourth-order valence-corrected chi connectivity index (χ4v) is 1.93. The van der Waals surface area contributed by atoms with Gasteiger partial charge in [0.15, 0.2) is 0 Å². The molecule has 0 amide bonds. The molecule has 9 heavy (non-hydrogen) atoms. The maximum atomic E-state index is 2.35. The molecule has 0 aromatic heterocycles. The van der Waals surface area contributed by atoms with Gasteiger partial charge < -0.3 is 4.48 Å². The van der Waals surface area contributed by atoms with Crippen LogP contribution in [0.2, 0.25) is 0 Å². The smallest absolute Gasteiger partial charge is 0.0862 e. The first-order valence-electron chi connectivity index (χ1n) is 3.85. The minimum atomic E-state index is 0.875. The van der Waals surface area contributed by atoms with Gasteiger partial charge in [-0.2, -0.15) is 0 Å². The minimum Gasteiger partial charge on any atom is -0.326 e. The van der Waals surface area contributed by atoms with E-state index in [0.717, 1.165) is 12.0 Å². The van der Waals surface area contributed by atoms with Gasteiger partial charge in [-0.3, -0.25) is 0 Å². The average molecular weight is 128 g/mol. The van der Waals surface area contributed by atoms with E-state index in [4.69, 9.17) is 0 Å². The maximum Gasteiger partial charge on any atom is 0.0862 e. The second kappa shape index (κ2) is 1.98. The number of hydrogen-bond donors (Lipinski definition) is 0. The lowest BCUT2D eigenvalue weighted by Gasteiger charge is -2.28. The topological polar surface area (TPSA) is 0 Å². The highest BCUT2D eigenvalue weighted by Gasteiger charge is 2.34. The van der Waals surface area contributed by atoms with E-state index in [2.05, 4.69) is 27.9 Å². The Morgan fingerprint density at radius 3 is 1.89 bits per heavy atom. The molecule has 0 spiro atoms. The van der Waals surface area contributed by atoms with E-state index >= 15 is 0 Å². The SMILES string of the molecule is CC1CC(C)[N+](C)(C)C1. The third-order valence-electron chi connectivity index (χ3n) is 2.72. The van der Waals surface area contributed by atoms with Crippen molar-refractivity contribution in [2.24, 2.45) is 5.92 Å². The van der Waals surface area contributed by atoms with Gasteiger partial charge in [0, 0.05) is 12.3 Å². The Kier molecular flexibility index (Phi) is 1.55. The molecule has 1 rings (SSSR count). The molecule has 0 N–H and O–H groups in total. The molecule has 1 aliphatic rings. The van der Waals surface area contributed by atoms with Crippen molar-refractivity contribution in [3.8, 4) is 0 Å². The van der Waals surface area contributed by atoms with Crippen LogP contribution in [0.1, 0.15) is 20.3 Å². The third kappa shape index (κ3) is 1.26. The van der Waals surface area contributed by atoms with Crippen molar-refractivity contribution in [2.75, 3.05) is 20.6 Å². The molecule has 0 aliphatic carbocycles. The number of likely N-dealkylation sites (tertiary alicyclic amines) is 1. The van der Waals surface area contributed by atoms with Gasteiger partial charge in [-0.1, -0.05) is 6.92 Å². The molecule has 0 radical (unpaired) electrons. The van der Waals surface area contributed by atoms with Crippen LogP contribution in [0.25, 0.3) is 0 Å². The Balaban J connectivity index is 2.58. The monoisotopic (exact) mass is 128 g/mol. The lowest BCUT2D eigenvalue weighted by molar-refractivity contribution is -0.901. The van der Waals surface area contributed by atoms with Gasteiger partial charge in [-0.15, -0.1) is 0 Å². The van der Waals surface area contributed by atoms with Crippen LogP contribution >= 0.6 is 0 Å². The number of nitrogens with zero attached hydrogens (tertiary/aromatic N) is 1. The summed E-state index contributed by atoms with van der Waals surface area (Å²) < 4.78 is 1.22. The second-order valence-electron chi connectivity index (χ2n) is 4.15. The van der Waals surface area contributed by atoms with Crippen LogP contribution < -0.4 is 0 Å². The summed E-state index contributed by atoms with van der Waals surface area (Å²) >= 11 is 0. The molecule has 0 aromatic rings. The lowest BCUT2D eigenvalue weighted by Crippen LogP contribution is -2.42. The Morgan fingerprint density at radius 1 is 1.22 bits per heavy atom. The van der Waals surface area contributed by atoms with Crippen LogP contribution in [0.15, 0.2) is 0 Å². The predicted octanol–water partition coefficient (Wildman–Crippen LogP) is 1.49. The Bertz CT molecular complexity index is 107. The van der Waals surface area contributed by atoms with Gasteiger partial charge in [0.1, 0.15) is 0 Å². The average Bonchev–Trinajstić information content (AvgIpc) is 1.79. The highest BCUT2D eigenvalue weighted by molar-refractivity contribution is 4.66. The minimum absolute atomic E-state index is 0.875. The predicted molar refractivity (Wildman–Crippen MR) is 40.2 cm³/mol. The van der Waals surface area contributed by atoms with E-state index in [-0.39, 0.29) is 0 Å². The number of hydrogen-bond acceptors (Lipinski definition) is 0. The van der Waals surface area contributed by atoms with Crippen LogP contribution in [0.4, 0.5) is 0 Å². The molecule has 2 atom stereocenters. The summed E-state index contributed by atoms with van der Waals surface area (Å²) in [6.45, 7) is 6.06. The van der Waals surface area contributed by atoms with Crippen molar-refractivity contribution >= 4 is 0 Å². The summed E-state index contributed by atoms with van der Waals surface area (Å²) in [5, 5.41) is 0. The van der Waals surface area contributed by atoms with Crippen molar-refractivity contribution in [3.63, 3.8) is 0 Å². The molecule has 54 valence electrons. The van der Waals surface area contributed by atoms with Crippen molar-refractivity contribution in [3.05, 3.63) is 0 Å². The van der Waals surface area contributed by atoms with E-state index < -0.39 is 0 Å². The molecule has 1 heterocycles. The fraction of sp³-hybridized carbons (Fsp3) is 1.00. The Labute approximate surface area is 58.3 Å². The first-order chi connectivity index (χ1) is 4.02. The van der Waals surface area contributed by atoms with E-state index in [1.54, 1.807) is 0 Å². The van der Waals surface area contributed by atoms with E-state index in [1.807, 2.05) is 0 Å². The van der Waals surface area contributed by atoms with Gasteiger partial charge in [0.2, 0.25) is 0 Å². The van der Waals surface area contributed by atoms with Crippen molar-refractivity contribution in [1.29, 1.82) is 0 Å². The summed E-state index contributed by atoms with van der Waals surface area (Å²) in [7, 11) is 4.66. The highest BCUT2D eigenvalue weighted by atomic mass is 15.3.